The smallest absolute Gasteiger partial charge is 0.279 e. The van der Waals surface area contributed by atoms with Crippen molar-refractivity contribution in [2.24, 2.45) is 4.99 Å². The van der Waals surface area contributed by atoms with Crippen molar-refractivity contribution in [2.45, 2.75) is 11.4 Å². The SMILES string of the molecule is C=CCn1c(=NC(=O)c2ccc(S(=O)(=O)N(CCOC)CCOC)cc2)sc2cccc(F)c21. The van der Waals surface area contributed by atoms with Crippen LogP contribution in [0.25, 0.3) is 10.2 Å². The number of carbonyl (C=O) groups is 1. The molecular weight excluding hydrogens is 481 g/mol. The molecule has 0 aliphatic rings. The lowest BCUT2D eigenvalue weighted by Crippen LogP contribution is -2.36. The Morgan fingerprint density at radius 1 is 1.15 bits per heavy atom. The lowest BCUT2D eigenvalue weighted by Gasteiger charge is -2.21. The Morgan fingerprint density at radius 3 is 2.38 bits per heavy atom. The molecule has 0 spiro atoms. The summed E-state index contributed by atoms with van der Waals surface area (Å²) in [5.74, 6) is -0.977. The summed E-state index contributed by atoms with van der Waals surface area (Å²) in [6.07, 6.45) is 1.60. The summed E-state index contributed by atoms with van der Waals surface area (Å²) in [6.45, 7) is 4.78. The van der Waals surface area contributed by atoms with Crippen molar-refractivity contribution in [1.29, 1.82) is 0 Å². The Morgan fingerprint density at radius 2 is 1.79 bits per heavy atom. The van der Waals surface area contributed by atoms with Crippen LogP contribution in [0.3, 0.4) is 0 Å². The van der Waals surface area contributed by atoms with E-state index in [9.17, 15) is 17.6 Å². The van der Waals surface area contributed by atoms with E-state index < -0.39 is 21.7 Å². The van der Waals surface area contributed by atoms with Crippen LogP contribution in [-0.4, -0.2) is 63.7 Å². The van der Waals surface area contributed by atoms with Gasteiger partial charge in [0.25, 0.3) is 5.91 Å². The van der Waals surface area contributed by atoms with E-state index in [0.717, 1.165) is 0 Å². The van der Waals surface area contributed by atoms with Crippen molar-refractivity contribution >= 4 is 37.5 Å². The number of sulfonamides is 1. The van der Waals surface area contributed by atoms with E-state index in [4.69, 9.17) is 9.47 Å². The summed E-state index contributed by atoms with van der Waals surface area (Å²) >= 11 is 1.19. The van der Waals surface area contributed by atoms with Crippen molar-refractivity contribution in [3.8, 4) is 0 Å². The summed E-state index contributed by atoms with van der Waals surface area (Å²) in [5, 5.41) is 0. The van der Waals surface area contributed by atoms with Gasteiger partial charge < -0.3 is 14.0 Å². The first-order valence-electron chi connectivity index (χ1n) is 10.4. The number of methoxy groups -OCH3 is 2. The standard InChI is InChI=1S/C23H26FN3O5S2/c1-4-12-27-21-19(24)6-5-7-20(21)33-23(27)25-22(28)17-8-10-18(11-9-17)34(29,30)26(13-15-31-2)14-16-32-3/h4-11H,1,12-16H2,2-3H3. The molecule has 11 heteroatoms. The van der Waals surface area contributed by atoms with E-state index in [1.165, 1.54) is 60.2 Å². The van der Waals surface area contributed by atoms with E-state index in [-0.39, 0.29) is 43.3 Å². The number of thiazole rings is 1. The van der Waals surface area contributed by atoms with Crippen molar-refractivity contribution in [2.75, 3.05) is 40.5 Å². The number of ether oxygens (including phenoxy) is 2. The molecule has 34 heavy (non-hydrogen) atoms. The van der Waals surface area contributed by atoms with Crippen LogP contribution in [0, 0.1) is 5.82 Å². The highest BCUT2D eigenvalue weighted by atomic mass is 32.2. The first kappa shape index (κ1) is 25.9. The van der Waals surface area contributed by atoms with E-state index in [2.05, 4.69) is 11.6 Å². The van der Waals surface area contributed by atoms with Gasteiger partial charge in [-0.1, -0.05) is 23.5 Å². The van der Waals surface area contributed by atoms with Crippen molar-refractivity contribution in [1.82, 2.24) is 8.87 Å². The topological polar surface area (TPSA) is 90.2 Å². The van der Waals surface area contributed by atoms with Crippen LogP contribution in [0.4, 0.5) is 4.39 Å². The van der Waals surface area contributed by atoms with E-state index >= 15 is 0 Å². The van der Waals surface area contributed by atoms with E-state index in [1.54, 1.807) is 22.8 Å². The highest BCUT2D eigenvalue weighted by Crippen LogP contribution is 2.21. The van der Waals surface area contributed by atoms with Crippen LogP contribution in [0.2, 0.25) is 0 Å². The van der Waals surface area contributed by atoms with Crippen LogP contribution < -0.4 is 4.80 Å². The number of nitrogens with zero attached hydrogens (tertiary/aromatic N) is 3. The van der Waals surface area contributed by atoms with E-state index in [0.29, 0.717) is 15.0 Å². The van der Waals surface area contributed by atoms with E-state index in [1.807, 2.05) is 0 Å². The molecule has 0 N–H and O–H groups in total. The number of rotatable bonds is 11. The minimum atomic E-state index is -3.81. The van der Waals surface area contributed by atoms with Crippen LogP contribution in [0.15, 0.2) is 65.0 Å². The summed E-state index contributed by atoms with van der Waals surface area (Å²) in [6, 6.07) is 10.3. The molecular formula is C23H26FN3O5S2. The molecule has 0 aliphatic heterocycles. The molecule has 0 fully saturated rings. The molecule has 0 radical (unpaired) electrons. The molecule has 0 aliphatic carbocycles. The predicted octanol–water partition coefficient (Wildman–Crippen LogP) is 3.05. The molecule has 0 unspecified atom stereocenters. The highest BCUT2D eigenvalue weighted by Gasteiger charge is 2.24. The number of amides is 1. The zero-order valence-electron chi connectivity index (χ0n) is 18.9. The second kappa shape index (κ2) is 11.6. The Bertz CT molecular complexity index is 1320. The van der Waals surface area contributed by atoms with Gasteiger partial charge in [-0.25, -0.2) is 12.8 Å². The molecule has 1 aromatic heterocycles. The number of allylic oxidation sites excluding steroid dienone is 1. The minimum absolute atomic E-state index is 0.0434. The minimum Gasteiger partial charge on any atom is -0.383 e. The average Bonchev–Trinajstić information content (AvgIpc) is 3.17. The van der Waals surface area contributed by atoms with Crippen molar-refractivity contribution in [3.05, 3.63) is 71.3 Å². The summed E-state index contributed by atoms with van der Waals surface area (Å²) in [5.41, 5.74) is 0.565. The number of hydrogen-bond donors (Lipinski definition) is 0. The van der Waals surface area contributed by atoms with Gasteiger partial charge in [-0.05, 0) is 36.4 Å². The number of halogens is 1. The van der Waals surface area contributed by atoms with Crippen LogP contribution in [0.1, 0.15) is 10.4 Å². The zero-order chi connectivity index (χ0) is 24.7. The van der Waals surface area contributed by atoms with Gasteiger partial charge in [-0.15, -0.1) is 6.58 Å². The average molecular weight is 508 g/mol. The molecule has 182 valence electrons. The Hall–Kier alpha value is -2.70. The molecule has 2 aromatic carbocycles. The Kier molecular flexibility index (Phi) is 8.86. The Balaban J connectivity index is 1.92. The molecule has 0 atom stereocenters. The van der Waals surface area contributed by atoms with Crippen LogP contribution in [-0.2, 0) is 26.0 Å². The number of hydrogen-bond acceptors (Lipinski definition) is 6. The van der Waals surface area contributed by atoms with Gasteiger partial charge in [0.1, 0.15) is 5.82 Å². The number of aromatic nitrogens is 1. The molecule has 0 saturated heterocycles. The van der Waals surface area contributed by atoms with Gasteiger partial charge in [0.05, 0.1) is 28.3 Å². The fourth-order valence-electron chi connectivity index (χ4n) is 3.28. The quantitative estimate of drug-likeness (QED) is 0.372. The van der Waals surface area contributed by atoms with Gasteiger partial charge in [0.15, 0.2) is 4.80 Å². The lowest BCUT2D eigenvalue weighted by atomic mass is 10.2. The lowest BCUT2D eigenvalue weighted by molar-refractivity contribution is 0.0997. The molecule has 1 heterocycles. The monoisotopic (exact) mass is 507 g/mol. The van der Waals surface area contributed by atoms with Crippen molar-refractivity contribution in [3.63, 3.8) is 0 Å². The van der Waals surface area contributed by atoms with Gasteiger partial charge >= 0.3 is 0 Å². The number of para-hydroxylation sites is 1. The number of fused-ring (bicyclic) bond motifs is 1. The molecule has 3 aromatic rings. The second-order valence-corrected chi connectivity index (χ2v) is 10.1. The maximum absolute atomic E-state index is 14.4. The molecule has 0 saturated carbocycles. The fourth-order valence-corrected chi connectivity index (χ4v) is 5.74. The maximum atomic E-state index is 14.4. The predicted molar refractivity (Wildman–Crippen MR) is 129 cm³/mol. The molecule has 3 rings (SSSR count). The third-order valence-corrected chi connectivity index (χ3v) is 7.95. The molecule has 0 bridgehead atoms. The van der Waals surface area contributed by atoms with Gasteiger partial charge in [-0.3, -0.25) is 4.79 Å². The first-order chi connectivity index (χ1) is 16.3. The third kappa shape index (κ3) is 5.68. The zero-order valence-corrected chi connectivity index (χ0v) is 20.6. The van der Waals surface area contributed by atoms with Crippen LogP contribution in [0.5, 0.6) is 0 Å². The largest absolute Gasteiger partial charge is 0.383 e. The highest BCUT2D eigenvalue weighted by molar-refractivity contribution is 7.89. The fraction of sp³-hybridized carbons (Fsp3) is 0.304. The van der Waals surface area contributed by atoms with Crippen molar-refractivity contribution < 1.29 is 27.1 Å². The normalized spacial score (nSPS) is 12.5. The summed E-state index contributed by atoms with van der Waals surface area (Å²) < 4.78 is 54.0. The number of benzene rings is 2. The maximum Gasteiger partial charge on any atom is 0.279 e. The van der Waals surface area contributed by atoms with Gasteiger partial charge in [0, 0.05) is 39.4 Å². The summed E-state index contributed by atoms with van der Waals surface area (Å²) in [4.78, 5) is 17.4. The second-order valence-electron chi connectivity index (χ2n) is 7.20. The molecule has 1 amide bonds. The summed E-state index contributed by atoms with van der Waals surface area (Å²) in [7, 11) is -0.817. The van der Waals surface area contributed by atoms with Gasteiger partial charge in [-0.2, -0.15) is 9.30 Å². The third-order valence-electron chi connectivity index (χ3n) is 4.99. The molecule has 8 nitrogen and oxygen atoms in total. The first-order valence-corrected chi connectivity index (χ1v) is 12.6. The van der Waals surface area contributed by atoms with Crippen LogP contribution >= 0.6 is 11.3 Å². The number of carbonyl (C=O) groups excluding carboxylic acids is 1. The van der Waals surface area contributed by atoms with Gasteiger partial charge in [0.2, 0.25) is 10.0 Å². The Labute approximate surface area is 201 Å².